The van der Waals surface area contributed by atoms with Crippen molar-refractivity contribution in [1.82, 2.24) is 19.8 Å². The maximum absolute atomic E-state index is 5.14. The molecule has 0 aliphatic rings. The van der Waals surface area contributed by atoms with Crippen molar-refractivity contribution < 1.29 is 4.42 Å². The average Bonchev–Trinajstić information content (AvgIpc) is 2.99. The van der Waals surface area contributed by atoms with Crippen LogP contribution in [-0.2, 0) is 13.1 Å². The third-order valence-corrected chi connectivity index (χ3v) is 3.16. The molecule has 0 aliphatic carbocycles. The molecule has 0 aliphatic heterocycles. The van der Waals surface area contributed by atoms with Gasteiger partial charge in [0.2, 0.25) is 0 Å². The predicted octanol–water partition coefficient (Wildman–Crippen LogP) is 1.87. The number of H-pyrrole nitrogens is 1. The van der Waals surface area contributed by atoms with E-state index >= 15 is 0 Å². The van der Waals surface area contributed by atoms with Crippen LogP contribution < -0.4 is 0 Å². The van der Waals surface area contributed by atoms with Crippen LogP contribution in [0.2, 0.25) is 0 Å². The highest BCUT2D eigenvalue weighted by atomic mass is 16.3. The summed E-state index contributed by atoms with van der Waals surface area (Å²) >= 11 is 0. The summed E-state index contributed by atoms with van der Waals surface area (Å²) in [6, 6.07) is 2.01. The molecule has 19 heavy (non-hydrogen) atoms. The van der Waals surface area contributed by atoms with Gasteiger partial charge in [0.25, 0.3) is 0 Å². The molecule has 2 aromatic heterocycles. The van der Waals surface area contributed by atoms with E-state index in [4.69, 9.17) is 4.42 Å². The Morgan fingerprint density at radius 2 is 2.11 bits per heavy atom. The van der Waals surface area contributed by atoms with Gasteiger partial charge in [-0.3, -0.25) is 4.90 Å². The van der Waals surface area contributed by atoms with Gasteiger partial charge in [0.15, 0.2) is 0 Å². The fourth-order valence-electron chi connectivity index (χ4n) is 1.95. The number of imidazole rings is 1. The number of nitrogens with zero attached hydrogens (tertiary/aromatic N) is 3. The molecular weight excluding hydrogens is 240 g/mol. The molecule has 0 saturated heterocycles. The van der Waals surface area contributed by atoms with Crippen molar-refractivity contribution in [2.24, 2.45) is 0 Å². The number of aromatic amines is 1. The van der Waals surface area contributed by atoms with E-state index in [-0.39, 0.29) is 0 Å². The lowest BCUT2D eigenvalue weighted by atomic mass is 10.2. The van der Waals surface area contributed by atoms with Crippen LogP contribution in [-0.4, -0.2) is 47.0 Å². The Bertz CT molecular complexity index is 475. The number of nitrogens with one attached hydrogen (secondary N) is 1. The molecule has 0 fully saturated rings. The average molecular weight is 262 g/mol. The number of hydrogen-bond donors (Lipinski definition) is 1. The van der Waals surface area contributed by atoms with Crippen LogP contribution in [0, 0.1) is 6.92 Å². The van der Waals surface area contributed by atoms with E-state index in [1.807, 2.05) is 6.07 Å². The van der Waals surface area contributed by atoms with E-state index in [0.717, 1.165) is 37.6 Å². The summed E-state index contributed by atoms with van der Waals surface area (Å²) in [5.41, 5.74) is 3.45. The fourth-order valence-corrected chi connectivity index (χ4v) is 1.95. The van der Waals surface area contributed by atoms with Gasteiger partial charge in [-0.05, 0) is 27.1 Å². The van der Waals surface area contributed by atoms with Gasteiger partial charge in [-0.1, -0.05) is 0 Å². The van der Waals surface area contributed by atoms with Crippen molar-refractivity contribution in [2.75, 3.05) is 27.2 Å². The summed E-state index contributed by atoms with van der Waals surface area (Å²) in [6.45, 7) is 5.83. The Hall–Kier alpha value is -1.59. The smallest absolute Gasteiger partial charge is 0.0947 e. The topological polar surface area (TPSA) is 48.3 Å². The minimum atomic E-state index is 0.856. The Morgan fingerprint density at radius 3 is 2.68 bits per heavy atom. The lowest BCUT2D eigenvalue weighted by Gasteiger charge is -2.23. The minimum Gasteiger partial charge on any atom is -0.472 e. The van der Waals surface area contributed by atoms with Gasteiger partial charge in [0, 0.05) is 37.4 Å². The summed E-state index contributed by atoms with van der Waals surface area (Å²) < 4.78 is 5.14. The van der Waals surface area contributed by atoms with Gasteiger partial charge in [-0.25, -0.2) is 4.98 Å². The van der Waals surface area contributed by atoms with Crippen molar-refractivity contribution in [1.29, 1.82) is 0 Å². The van der Waals surface area contributed by atoms with Crippen LogP contribution in [0.1, 0.15) is 17.0 Å². The first kappa shape index (κ1) is 13.8. The van der Waals surface area contributed by atoms with Crippen molar-refractivity contribution in [2.45, 2.75) is 20.0 Å². The van der Waals surface area contributed by atoms with E-state index < -0.39 is 0 Å². The second-order valence-corrected chi connectivity index (χ2v) is 5.12. The van der Waals surface area contributed by atoms with Crippen LogP contribution in [0.15, 0.2) is 29.3 Å². The fraction of sp³-hybridized carbons (Fsp3) is 0.500. The largest absolute Gasteiger partial charge is 0.472 e. The Labute approximate surface area is 114 Å². The standard InChI is InChI=1S/C14H22N4O/c1-12-14(16-11-15-12)9-18(6-5-17(2)3)8-13-4-7-19-10-13/h4,7,10-11H,5-6,8-9H2,1-3H3,(H,15,16). The Morgan fingerprint density at radius 1 is 1.26 bits per heavy atom. The van der Waals surface area contributed by atoms with E-state index in [2.05, 4.69) is 40.8 Å². The van der Waals surface area contributed by atoms with Crippen molar-refractivity contribution in [3.05, 3.63) is 41.9 Å². The van der Waals surface area contributed by atoms with Gasteiger partial charge in [0.1, 0.15) is 0 Å². The maximum atomic E-state index is 5.14. The molecule has 0 aromatic carbocycles. The minimum absolute atomic E-state index is 0.856. The zero-order valence-corrected chi connectivity index (χ0v) is 11.9. The molecule has 5 heteroatoms. The third kappa shape index (κ3) is 4.22. The first-order valence-electron chi connectivity index (χ1n) is 6.52. The second-order valence-electron chi connectivity index (χ2n) is 5.12. The second kappa shape index (κ2) is 6.54. The SMILES string of the molecule is Cc1[nH]cnc1CN(CCN(C)C)Cc1ccoc1. The van der Waals surface area contributed by atoms with E-state index in [0.29, 0.717) is 0 Å². The number of likely N-dealkylation sites (N-methyl/N-ethyl adjacent to an activating group) is 1. The molecular formula is C14H22N4O. The molecule has 0 amide bonds. The maximum Gasteiger partial charge on any atom is 0.0947 e. The molecule has 0 radical (unpaired) electrons. The molecule has 0 saturated carbocycles. The lowest BCUT2D eigenvalue weighted by Crippen LogP contribution is -2.31. The summed E-state index contributed by atoms with van der Waals surface area (Å²) in [4.78, 5) is 12.1. The van der Waals surface area contributed by atoms with Crippen LogP contribution in [0.3, 0.4) is 0 Å². The van der Waals surface area contributed by atoms with Crippen molar-refractivity contribution in [3.8, 4) is 0 Å². The first-order chi connectivity index (χ1) is 9.15. The molecule has 0 spiro atoms. The number of hydrogen-bond acceptors (Lipinski definition) is 4. The highest BCUT2D eigenvalue weighted by Gasteiger charge is 2.11. The molecule has 0 atom stereocenters. The number of rotatable bonds is 7. The van der Waals surface area contributed by atoms with E-state index in [1.54, 1.807) is 18.9 Å². The number of aryl methyl sites for hydroxylation is 1. The summed E-state index contributed by atoms with van der Waals surface area (Å²) in [7, 11) is 4.19. The Kier molecular flexibility index (Phi) is 4.76. The highest BCUT2D eigenvalue weighted by Crippen LogP contribution is 2.10. The van der Waals surface area contributed by atoms with Crippen LogP contribution in [0.25, 0.3) is 0 Å². The normalized spacial score (nSPS) is 11.6. The molecule has 104 valence electrons. The van der Waals surface area contributed by atoms with Gasteiger partial charge in [-0.15, -0.1) is 0 Å². The molecule has 0 unspecified atom stereocenters. The molecule has 2 aromatic rings. The predicted molar refractivity (Wildman–Crippen MR) is 74.7 cm³/mol. The van der Waals surface area contributed by atoms with Crippen LogP contribution >= 0.6 is 0 Å². The van der Waals surface area contributed by atoms with Gasteiger partial charge in [0.05, 0.1) is 24.5 Å². The summed E-state index contributed by atoms with van der Waals surface area (Å²) in [6.07, 6.45) is 5.28. The lowest BCUT2D eigenvalue weighted by molar-refractivity contribution is 0.223. The molecule has 1 N–H and O–H groups in total. The number of aromatic nitrogens is 2. The molecule has 5 nitrogen and oxygen atoms in total. The highest BCUT2D eigenvalue weighted by molar-refractivity contribution is 5.10. The summed E-state index contributed by atoms with van der Waals surface area (Å²) in [5.74, 6) is 0. The van der Waals surface area contributed by atoms with Gasteiger partial charge in [-0.2, -0.15) is 0 Å². The monoisotopic (exact) mass is 262 g/mol. The van der Waals surface area contributed by atoms with Crippen LogP contribution in [0.4, 0.5) is 0 Å². The third-order valence-electron chi connectivity index (χ3n) is 3.16. The van der Waals surface area contributed by atoms with Crippen molar-refractivity contribution in [3.63, 3.8) is 0 Å². The van der Waals surface area contributed by atoms with Crippen molar-refractivity contribution >= 4 is 0 Å². The zero-order chi connectivity index (χ0) is 13.7. The van der Waals surface area contributed by atoms with Gasteiger partial charge < -0.3 is 14.3 Å². The first-order valence-corrected chi connectivity index (χ1v) is 6.52. The molecule has 2 rings (SSSR count). The molecule has 2 heterocycles. The number of furan rings is 1. The molecule has 0 bridgehead atoms. The van der Waals surface area contributed by atoms with E-state index in [9.17, 15) is 0 Å². The van der Waals surface area contributed by atoms with Crippen LogP contribution in [0.5, 0.6) is 0 Å². The Balaban J connectivity index is 1.99. The van der Waals surface area contributed by atoms with Gasteiger partial charge >= 0.3 is 0 Å². The summed E-state index contributed by atoms with van der Waals surface area (Å²) in [5, 5.41) is 0. The zero-order valence-electron chi connectivity index (χ0n) is 11.9. The quantitative estimate of drug-likeness (QED) is 0.827. The van der Waals surface area contributed by atoms with E-state index in [1.165, 1.54) is 5.56 Å².